The van der Waals surface area contributed by atoms with Crippen molar-refractivity contribution in [3.63, 3.8) is 0 Å². The van der Waals surface area contributed by atoms with Crippen LogP contribution in [0.2, 0.25) is 6.04 Å². The van der Waals surface area contributed by atoms with Crippen molar-refractivity contribution < 1.29 is 26.6 Å². The molecule has 0 spiro atoms. The van der Waals surface area contributed by atoms with Gasteiger partial charge in [-0.05, 0) is 73.4 Å². The van der Waals surface area contributed by atoms with E-state index in [0.717, 1.165) is 24.6 Å². The van der Waals surface area contributed by atoms with Gasteiger partial charge in [-0.1, -0.05) is 27.8 Å². The molecule has 0 fully saturated rings. The molecule has 0 heterocycles. The van der Waals surface area contributed by atoms with E-state index in [-0.39, 0.29) is 12.3 Å². The molecule has 0 rings (SSSR count). The number of hydrogen-bond acceptors (Lipinski definition) is 12. The first-order valence-corrected chi connectivity index (χ1v) is 22.1. The highest BCUT2D eigenvalue weighted by atomic mass is 33.9. The molecule has 0 aromatic rings. The zero-order chi connectivity index (χ0) is 24.2. The van der Waals surface area contributed by atoms with Gasteiger partial charge < -0.3 is 38.9 Å². The van der Waals surface area contributed by atoms with Gasteiger partial charge >= 0.3 is 16.8 Å². The lowest BCUT2D eigenvalue weighted by Gasteiger charge is -2.45. The molecule has 0 bridgehead atoms. The predicted molar refractivity (Wildman–Crippen MR) is 162 cm³/mol. The summed E-state index contributed by atoms with van der Waals surface area (Å²) in [5.74, 6) is 0.974. The Morgan fingerprint density at radius 2 is 0.909 bits per heavy atom. The second kappa shape index (κ2) is 25.5. The van der Waals surface area contributed by atoms with E-state index in [2.05, 4.69) is 37.2 Å². The van der Waals surface area contributed by atoms with Gasteiger partial charge in [-0.2, -0.15) is 0 Å². The van der Waals surface area contributed by atoms with Gasteiger partial charge in [0.25, 0.3) is 0 Å². The molecule has 208 valence electrons. The summed E-state index contributed by atoms with van der Waals surface area (Å²) in [5, 5.41) is 0. The van der Waals surface area contributed by atoms with Gasteiger partial charge in [-0.25, -0.2) is 0 Å². The van der Waals surface area contributed by atoms with E-state index in [1.807, 2.05) is 41.5 Å². The summed E-state index contributed by atoms with van der Waals surface area (Å²) in [6, 6.07) is 0.919. The highest BCUT2D eigenvalue weighted by Gasteiger charge is 2.58. The van der Waals surface area contributed by atoms with Crippen molar-refractivity contribution >= 4 is 67.3 Å². The monoisotopic (exact) mass is 608 g/mol. The van der Waals surface area contributed by atoms with Crippen molar-refractivity contribution in [1.82, 2.24) is 12.3 Å². The summed E-state index contributed by atoms with van der Waals surface area (Å²) < 4.78 is 34.9. The van der Waals surface area contributed by atoms with Crippen LogP contribution in [0, 0.1) is 0 Å². The maximum atomic E-state index is 6.00. The van der Waals surface area contributed by atoms with Gasteiger partial charge in [0.1, 0.15) is 0 Å². The van der Waals surface area contributed by atoms with Crippen LogP contribution >= 0.6 is 50.5 Å². The average molecular weight is 609 g/mol. The summed E-state index contributed by atoms with van der Waals surface area (Å²) in [6.45, 7) is 19.9. The Morgan fingerprint density at radius 3 is 1.12 bits per heavy atom. The normalized spacial score (nSPS) is 12.3. The molecule has 0 aliphatic heterocycles. The van der Waals surface area contributed by atoms with E-state index < -0.39 is 24.3 Å². The van der Waals surface area contributed by atoms with Crippen LogP contribution in [-0.2, 0) is 26.6 Å². The van der Waals surface area contributed by atoms with Crippen LogP contribution in [-0.4, -0.2) is 62.2 Å². The van der Waals surface area contributed by atoms with Crippen molar-refractivity contribution in [1.29, 1.82) is 0 Å². The number of rotatable bonds is 19. The lowest BCUT2D eigenvalue weighted by molar-refractivity contribution is 0.0711. The van der Waals surface area contributed by atoms with E-state index in [9.17, 15) is 0 Å². The zero-order valence-electron chi connectivity index (χ0n) is 22.1. The molecule has 33 heavy (non-hydrogen) atoms. The Balaban J connectivity index is -0.000000251. The third-order valence-electron chi connectivity index (χ3n) is 3.71. The van der Waals surface area contributed by atoms with Crippen molar-refractivity contribution in [2.24, 2.45) is 0 Å². The minimum atomic E-state index is -2.74. The molecule has 8 nitrogen and oxygen atoms in total. The SMILES string of the molecule is CCCS(SS)(SS)[Si](OCC)(OCC)OCC.CCC[Si](OCC)(OCC)OCC.N.N. The highest BCUT2D eigenvalue weighted by molar-refractivity contribution is 9.50. The average Bonchev–Trinajstić information content (AvgIpc) is 2.74. The van der Waals surface area contributed by atoms with Gasteiger partial charge in [-0.15, -0.1) is 23.3 Å². The molecular weight excluding hydrogens is 557 g/mol. The van der Waals surface area contributed by atoms with Crippen LogP contribution < -0.4 is 12.3 Å². The first-order valence-electron chi connectivity index (χ1n) is 11.2. The second-order valence-electron chi connectivity index (χ2n) is 6.00. The van der Waals surface area contributed by atoms with Crippen molar-refractivity contribution in [3.8, 4) is 0 Å². The molecule has 0 aliphatic rings. The van der Waals surface area contributed by atoms with Crippen LogP contribution in [0.25, 0.3) is 0 Å². The summed E-state index contributed by atoms with van der Waals surface area (Å²) >= 11 is 8.93. The van der Waals surface area contributed by atoms with Crippen LogP contribution in [0.5, 0.6) is 0 Å². The van der Waals surface area contributed by atoms with Gasteiger partial charge in [0.15, 0.2) is 0 Å². The molecule has 0 unspecified atom stereocenters. The molecule has 0 aromatic heterocycles. The first-order chi connectivity index (χ1) is 14.9. The van der Waals surface area contributed by atoms with E-state index >= 15 is 0 Å². The third-order valence-corrected chi connectivity index (χ3v) is 32.8. The van der Waals surface area contributed by atoms with Crippen LogP contribution in [0.4, 0.5) is 0 Å². The molecular formula is C18H52N2O6S5Si2. The molecule has 0 saturated heterocycles. The lowest BCUT2D eigenvalue weighted by Crippen LogP contribution is -2.49. The molecule has 0 aliphatic carbocycles. The molecule has 0 saturated carbocycles. The van der Waals surface area contributed by atoms with E-state index in [1.54, 1.807) is 0 Å². The Bertz CT molecular complexity index is 376. The minimum Gasteiger partial charge on any atom is -0.374 e. The van der Waals surface area contributed by atoms with Gasteiger partial charge in [-0.3, -0.25) is 0 Å². The van der Waals surface area contributed by atoms with Gasteiger partial charge in [0.05, 0.1) is 0 Å². The molecule has 0 atom stereocenters. The Morgan fingerprint density at radius 1 is 0.576 bits per heavy atom. The first kappa shape index (κ1) is 42.0. The quantitative estimate of drug-likeness (QED) is 0.0665. The van der Waals surface area contributed by atoms with E-state index in [0.29, 0.717) is 39.6 Å². The Kier molecular flexibility index (Phi) is 32.4. The standard InChI is InChI=1S/C9H24O3S5Si.C9H22O3Si.2H3N/c1-5-9-17(15-13,16-14)18(10-6-2,11-7-3)12-8-4;1-5-9-13(10-6-2,11-7-3)12-8-4;;/h13-14H,5-9H2,1-4H3;5-9H2,1-4H3;2*1H3. The molecule has 0 aromatic carbocycles. The Hall–Kier alpha value is 1.86. The van der Waals surface area contributed by atoms with Gasteiger partial charge in [0.2, 0.25) is 0 Å². The third kappa shape index (κ3) is 14.4. The summed E-state index contributed by atoms with van der Waals surface area (Å²) in [7, 11) is -3.37. The smallest absolute Gasteiger partial charge is 0.374 e. The van der Waals surface area contributed by atoms with Gasteiger partial charge in [0, 0.05) is 45.7 Å². The Labute approximate surface area is 224 Å². The summed E-state index contributed by atoms with van der Waals surface area (Å²) in [5.41, 5.74) is 0. The topological polar surface area (TPSA) is 125 Å². The van der Waals surface area contributed by atoms with Crippen molar-refractivity contribution in [3.05, 3.63) is 0 Å². The summed E-state index contributed by atoms with van der Waals surface area (Å²) in [6.07, 6.45) is 2.09. The van der Waals surface area contributed by atoms with Crippen molar-refractivity contribution in [2.75, 3.05) is 45.4 Å². The fourth-order valence-corrected chi connectivity index (χ4v) is 28.2. The molecule has 6 N–H and O–H groups in total. The van der Waals surface area contributed by atoms with E-state index in [4.69, 9.17) is 26.6 Å². The minimum absolute atomic E-state index is 0. The lowest BCUT2D eigenvalue weighted by atomic mass is 10.6. The zero-order valence-corrected chi connectivity index (χ0v) is 28.3. The fraction of sp³-hybridized carbons (Fsp3) is 1.00. The van der Waals surface area contributed by atoms with Crippen LogP contribution in [0.1, 0.15) is 68.2 Å². The molecule has 15 heteroatoms. The second-order valence-corrected chi connectivity index (χ2v) is 25.5. The maximum absolute atomic E-state index is 6.00. The highest BCUT2D eigenvalue weighted by Crippen LogP contribution is 2.78. The fourth-order valence-electron chi connectivity index (χ4n) is 2.81. The predicted octanol–water partition coefficient (Wildman–Crippen LogP) is 7.50. The molecule has 0 amide bonds. The number of hydrogen-bond donors (Lipinski definition) is 4. The largest absolute Gasteiger partial charge is 0.576 e. The van der Waals surface area contributed by atoms with Crippen LogP contribution in [0.15, 0.2) is 0 Å². The maximum Gasteiger partial charge on any atom is 0.576 e. The van der Waals surface area contributed by atoms with Crippen LogP contribution in [0.3, 0.4) is 0 Å². The summed E-state index contributed by atoms with van der Waals surface area (Å²) in [4.78, 5) is 0. The van der Waals surface area contributed by atoms with E-state index in [1.165, 1.54) is 19.7 Å². The van der Waals surface area contributed by atoms with Crippen molar-refractivity contribution in [2.45, 2.75) is 74.3 Å². The number of thiol groups is 2. The molecule has 0 radical (unpaired) electrons.